The van der Waals surface area contributed by atoms with Crippen LogP contribution >= 0.6 is 11.6 Å². The van der Waals surface area contributed by atoms with Crippen LogP contribution < -0.4 is 20.3 Å². The van der Waals surface area contributed by atoms with Gasteiger partial charge in [-0.25, -0.2) is 0 Å². The third-order valence-electron chi connectivity index (χ3n) is 3.96. The minimum absolute atomic E-state index is 0.176. The maximum Gasteiger partial charge on any atom is 0.287 e. The Morgan fingerprint density at radius 2 is 1.69 bits per heavy atom. The van der Waals surface area contributed by atoms with E-state index in [0.717, 1.165) is 10.9 Å². The number of halogens is 1. The monoisotopic (exact) mass is 371 g/mol. The van der Waals surface area contributed by atoms with Crippen LogP contribution in [0.4, 0.5) is 0 Å². The summed E-state index contributed by atoms with van der Waals surface area (Å²) in [7, 11) is 0. The first kappa shape index (κ1) is 16.3. The zero-order valence-electron chi connectivity index (χ0n) is 13.5. The summed E-state index contributed by atoms with van der Waals surface area (Å²) < 4.78 is 10.9. The van der Waals surface area contributed by atoms with E-state index < -0.39 is 11.8 Å². The van der Waals surface area contributed by atoms with Crippen molar-refractivity contribution in [2.24, 2.45) is 0 Å². The van der Waals surface area contributed by atoms with E-state index in [0.29, 0.717) is 35.3 Å². The smallest absolute Gasteiger partial charge is 0.287 e. The van der Waals surface area contributed by atoms with E-state index in [9.17, 15) is 9.59 Å². The van der Waals surface area contributed by atoms with Crippen molar-refractivity contribution in [2.75, 3.05) is 13.2 Å². The van der Waals surface area contributed by atoms with Gasteiger partial charge in [-0.2, -0.15) is 0 Å². The summed E-state index contributed by atoms with van der Waals surface area (Å²) in [5.74, 6) is 0.0511. The number of carbonyl (C=O) groups excluding carboxylic acids is 2. The number of benzene rings is 2. The zero-order chi connectivity index (χ0) is 18.1. The molecular formula is C18H14ClN3O4. The van der Waals surface area contributed by atoms with Crippen molar-refractivity contribution in [1.82, 2.24) is 15.8 Å². The molecule has 0 bridgehead atoms. The Labute approximate surface area is 153 Å². The Morgan fingerprint density at radius 1 is 0.962 bits per heavy atom. The number of H-pyrrole nitrogens is 1. The zero-order valence-corrected chi connectivity index (χ0v) is 14.2. The number of aromatic amines is 1. The summed E-state index contributed by atoms with van der Waals surface area (Å²) in [6.45, 7) is 0.896. The van der Waals surface area contributed by atoms with Crippen molar-refractivity contribution < 1.29 is 19.1 Å². The largest absolute Gasteiger partial charge is 0.486 e. The molecule has 3 N–H and O–H groups in total. The van der Waals surface area contributed by atoms with Crippen LogP contribution in [0.3, 0.4) is 0 Å². The third kappa shape index (κ3) is 2.93. The highest BCUT2D eigenvalue weighted by atomic mass is 35.5. The van der Waals surface area contributed by atoms with Gasteiger partial charge >= 0.3 is 0 Å². The summed E-state index contributed by atoms with van der Waals surface area (Å²) in [6.07, 6.45) is 0. The van der Waals surface area contributed by atoms with E-state index in [4.69, 9.17) is 21.1 Å². The Morgan fingerprint density at radius 3 is 2.50 bits per heavy atom. The molecule has 26 heavy (non-hydrogen) atoms. The van der Waals surface area contributed by atoms with E-state index in [1.54, 1.807) is 24.3 Å². The summed E-state index contributed by atoms with van der Waals surface area (Å²) in [5.41, 5.74) is 5.96. The normalized spacial score (nSPS) is 12.7. The van der Waals surface area contributed by atoms with E-state index in [-0.39, 0.29) is 5.69 Å². The minimum Gasteiger partial charge on any atom is -0.486 e. The van der Waals surface area contributed by atoms with E-state index in [2.05, 4.69) is 15.8 Å². The third-order valence-corrected chi connectivity index (χ3v) is 4.36. The fourth-order valence-electron chi connectivity index (χ4n) is 2.70. The maximum absolute atomic E-state index is 12.3. The molecule has 0 saturated heterocycles. The second-order valence-electron chi connectivity index (χ2n) is 5.63. The molecule has 0 spiro atoms. The number of para-hydroxylation sites is 1. The van der Waals surface area contributed by atoms with Gasteiger partial charge in [0, 0.05) is 16.5 Å². The molecule has 0 unspecified atom stereocenters. The molecule has 0 fully saturated rings. The molecule has 2 amide bonds. The topological polar surface area (TPSA) is 92.5 Å². The predicted octanol–water partition coefficient (Wildman–Crippen LogP) is 2.67. The number of aromatic nitrogens is 1. The average molecular weight is 372 g/mol. The number of hydrazine groups is 1. The second kappa shape index (κ2) is 6.61. The van der Waals surface area contributed by atoms with E-state index >= 15 is 0 Å². The quantitative estimate of drug-likeness (QED) is 0.604. The molecule has 0 aliphatic carbocycles. The highest BCUT2D eigenvalue weighted by molar-refractivity contribution is 6.38. The Hall–Kier alpha value is -3.19. The molecule has 132 valence electrons. The van der Waals surface area contributed by atoms with Gasteiger partial charge in [0.05, 0.1) is 5.02 Å². The van der Waals surface area contributed by atoms with Gasteiger partial charge in [-0.05, 0) is 24.3 Å². The highest BCUT2D eigenvalue weighted by Crippen LogP contribution is 2.30. The van der Waals surface area contributed by atoms with Gasteiger partial charge in [-0.15, -0.1) is 0 Å². The lowest BCUT2D eigenvalue weighted by atomic mass is 10.2. The average Bonchev–Trinajstić information content (AvgIpc) is 3.02. The molecule has 2 aromatic carbocycles. The molecule has 1 aliphatic rings. The maximum atomic E-state index is 12.3. The van der Waals surface area contributed by atoms with Crippen LogP contribution in [0, 0.1) is 0 Å². The molecule has 3 aromatic rings. The van der Waals surface area contributed by atoms with Gasteiger partial charge in [0.15, 0.2) is 11.5 Å². The van der Waals surface area contributed by atoms with Crippen LogP contribution in [0.15, 0.2) is 42.5 Å². The number of hydrogen-bond donors (Lipinski definition) is 3. The number of carbonyl (C=O) groups is 2. The van der Waals surface area contributed by atoms with Crippen LogP contribution in [0.25, 0.3) is 10.9 Å². The number of nitrogens with one attached hydrogen (secondary N) is 3. The Kier molecular flexibility index (Phi) is 4.14. The Bertz CT molecular complexity index is 1010. The molecule has 7 nitrogen and oxygen atoms in total. The summed E-state index contributed by atoms with van der Waals surface area (Å²) in [6, 6.07) is 12.1. The highest BCUT2D eigenvalue weighted by Gasteiger charge is 2.18. The fourth-order valence-corrected chi connectivity index (χ4v) is 2.99. The summed E-state index contributed by atoms with van der Waals surface area (Å²) in [4.78, 5) is 27.5. The number of ether oxygens (including phenoxy) is 2. The molecule has 8 heteroatoms. The number of hydrogen-bond acceptors (Lipinski definition) is 4. The van der Waals surface area contributed by atoms with Crippen LogP contribution in [0.1, 0.15) is 20.8 Å². The van der Waals surface area contributed by atoms with Gasteiger partial charge in [0.1, 0.15) is 18.9 Å². The van der Waals surface area contributed by atoms with Gasteiger partial charge < -0.3 is 14.5 Å². The van der Waals surface area contributed by atoms with E-state index in [1.165, 1.54) is 0 Å². The number of fused-ring (bicyclic) bond motifs is 2. The van der Waals surface area contributed by atoms with Crippen LogP contribution in [-0.4, -0.2) is 30.0 Å². The Balaban J connectivity index is 1.47. The van der Waals surface area contributed by atoms with Crippen molar-refractivity contribution in [3.63, 3.8) is 0 Å². The molecular weight excluding hydrogens is 358 g/mol. The molecule has 2 heterocycles. The first-order valence-corrected chi connectivity index (χ1v) is 8.28. The van der Waals surface area contributed by atoms with Gasteiger partial charge in [0.2, 0.25) is 0 Å². The van der Waals surface area contributed by atoms with Gasteiger partial charge in [-0.3, -0.25) is 20.4 Å². The van der Waals surface area contributed by atoms with E-state index in [1.807, 2.05) is 18.2 Å². The summed E-state index contributed by atoms with van der Waals surface area (Å²) >= 11 is 6.23. The van der Waals surface area contributed by atoms with Crippen LogP contribution in [0.2, 0.25) is 5.02 Å². The molecule has 0 atom stereocenters. The van der Waals surface area contributed by atoms with Crippen LogP contribution in [-0.2, 0) is 0 Å². The van der Waals surface area contributed by atoms with Crippen molar-refractivity contribution in [3.8, 4) is 11.5 Å². The predicted molar refractivity (Wildman–Crippen MR) is 95.7 cm³/mol. The minimum atomic E-state index is -0.544. The van der Waals surface area contributed by atoms with Crippen molar-refractivity contribution >= 4 is 34.3 Å². The number of amides is 2. The molecule has 0 saturated carbocycles. The fraction of sp³-hybridized carbons (Fsp3) is 0.111. The summed E-state index contributed by atoms with van der Waals surface area (Å²) in [5, 5.41) is 1.03. The first-order valence-electron chi connectivity index (χ1n) is 7.90. The lowest BCUT2D eigenvalue weighted by Gasteiger charge is -2.18. The first-order chi connectivity index (χ1) is 12.6. The molecule has 1 aromatic heterocycles. The van der Waals surface area contributed by atoms with Crippen molar-refractivity contribution in [2.45, 2.75) is 0 Å². The lowest BCUT2D eigenvalue weighted by Crippen LogP contribution is -2.41. The second-order valence-corrected chi connectivity index (χ2v) is 6.00. The van der Waals surface area contributed by atoms with Gasteiger partial charge in [-0.1, -0.05) is 29.8 Å². The van der Waals surface area contributed by atoms with Gasteiger partial charge in [0.25, 0.3) is 11.8 Å². The molecule has 0 radical (unpaired) electrons. The molecule has 1 aliphatic heterocycles. The lowest BCUT2D eigenvalue weighted by molar-refractivity contribution is 0.0844. The SMILES string of the molecule is O=C(NNC(=O)c1[nH]c2ccccc2c1Cl)c1ccc2c(c1)OCCO2. The standard InChI is InChI=1S/C18H14ClN3O4/c19-15-11-3-1-2-4-12(11)20-16(15)18(24)22-21-17(23)10-5-6-13-14(9-10)26-8-7-25-13/h1-6,9,20H,7-8H2,(H,21,23)(H,22,24). The number of rotatable bonds is 2. The molecule has 4 rings (SSSR count). The van der Waals surface area contributed by atoms with Crippen molar-refractivity contribution in [1.29, 1.82) is 0 Å². The van der Waals surface area contributed by atoms with Crippen molar-refractivity contribution in [3.05, 3.63) is 58.7 Å². The van der Waals surface area contributed by atoms with Crippen LogP contribution in [0.5, 0.6) is 11.5 Å².